The number of benzene rings is 1. The zero-order chi connectivity index (χ0) is 17.9. The van der Waals surface area contributed by atoms with Gasteiger partial charge in [0.05, 0.1) is 5.52 Å². The van der Waals surface area contributed by atoms with Gasteiger partial charge in [-0.1, -0.05) is 12.1 Å². The maximum Gasteiger partial charge on any atom is 0.261 e. The molecule has 0 unspecified atom stereocenters. The highest BCUT2D eigenvalue weighted by Crippen LogP contribution is 2.25. The number of likely N-dealkylation sites (tertiary alicyclic amines) is 1. The molecule has 1 atom stereocenters. The average Bonchev–Trinajstić information content (AvgIpc) is 3.12. The number of carbonyl (C=O) groups excluding carboxylic acids is 2. The first-order valence-electron chi connectivity index (χ1n) is 9.29. The molecule has 0 radical (unpaired) electrons. The molecule has 1 saturated carbocycles. The van der Waals surface area contributed by atoms with Gasteiger partial charge in [-0.2, -0.15) is 0 Å². The van der Waals surface area contributed by atoms with Crippen LogP contribution in [-0.4, -0.2) is 46.9 Å². The second kappa shape index (κ2) is 7.32. The maximum atomic E-state index is 12.6. The molecule has 1 N–H and O–H groups in total. The van der Waals surface area contributed by atoms with Gasteiger partial charge in [0, 0.05) is 24.2 Å². The first kappa shape index (κ1) is 16.8. The number of hydrogen-bond acceptors (Lipinski definition) is 4. The summed E-state index contributed by atoms with van der Waals surface area (Å²) in [6, 6.07) is 9.36. The van der Waals surface area contributed by atoms with Crippen molar-refractivity contribution in [3.63, 3.8) is 0 Å². The first-order valence-corrected chi connectivity index (χ1v) is 9.29. The van der Waals surface area contributed by atoms with Gasteiger partial charge >= 0.3 is 0 Å². The Balaban J connectivity index is 1.39. The van der Waals surface area contributed by atoms with Crippen LogP contribution in [0.1, 0.15) is 32.1 Å². The third-order valence-corrected chi connectivity index (χ3v) is 5.29. The van der Waals surface area contributed by atoms with Gasteiger partial charge in [0.1, 0.15) is 11.8 Å². The number of hydrogen-bond donors (Lipinski definition) is 1. The van der Waals surface area contributed by atoms with Gasteiger partial charge in [-0.05, 0) is 50.3 Å². The van der Waals surface area contributed by atoms with Crippen LogP contribution in [0.3, 0.4) is 0 Å². The summed E-state index contributed by atoms with van der Waals surface area (Å²) in [6.45, 7) is 0.545. The maximum absolute atomic E-state index is 12.6. The molecule has 26 heavy (non-hydrogen) atoms. The van der Waals surface area contributed by atoms with Crippen molar-refractivity contribution in [1.82, 2.24) is 15.2 Å². The summed E-state index contributed by atoms with van der Waals surface area (Å²) in [7, 11) is 0. The number of carbonyl (C=O) groups is 2. The van der Waals surface area contributed by atoms with Crippen LogP contribution >= 0.6 is 0 Å². The van der Waals surface area contributed by atoms with Crippen molar-refractivity contribution in [2.24, 2.45) is 0 Å². The number of para-hydroxylation sites is 1. The van der Waals surface area contributed by atoms with E-state index in [1.54, 1.807) is 17.2 Å². The van der Waals surface area contributed by atoms with E-state index in [1.807, 2.05) is 24.3 Å². The molecule has 1 aromatic carbocycles. The number of ether oxygens (including phenoxy) is 1. The highest BCUT2D eigenvalue weighted by Gasteiger charge is 2.35. The molecule has 1 aliphatic heterocycles. The molecule has 6 heteroatoms. The van der Waals surface area contributed by atoms with Crippen LogP contribution in [0.2, 0.25) is 0 Å². The predicted octanol–water partition coefficient (Wildman–Crippen LogP) is 2.27. The minimum absolute atomic E-state index is 0.0186. The Morgan fingerprint density at radius 2 is 2.00 bits per heavy atom. The van der Waals surface area contributed by atoms with Crippen LogP contribution in [0.25, 0.3) is 10.9 Å². The minimum Gasteiger partial charge on any atom is -0.483 e. The largest absolute Gasteiger partial charge is 0.483 e. The summed E-state index contributed by atoms with van der Waals surface area (Å²) in [4.78, 5) is 31.1. The van der Waals surface area contributed by atoms with Crippen molar-refractivity contribution in [2.75, 3.05) is 13.2 Å². The molecule has 2 heterocycles. The van der Waals surface area contributed by atoms with Crippen molar-refractivity contribution >= 4 is 22.7 Å². The van der Waals surface area contributed by atoms with Gasteiger partial charge in [0.2, 0.25) is 5.91 Å². The van der Waals surface area contributed by atoms with E-state index >= 15 is 0 Å². The Kier molecular flexibility index (Phi) is 4.73. The molecule has 1 aromatic heterocycles. The number of amides is 2. The lowest BCUT2D eigenvalue weighted by Gasteiger charge is -2.30. The Labute approximate surface area is 152 Å². The summed E-state index contributed by atoms with van der Waals surface area (Å²) in [5.74, 6) is 0.477. The Morgan fingerprint density at radius 3 is 2.81 bits per heavy atom. The quantitative estimate of drug-likeness (QED) is 0.895. The smallest absolute Gasteiger partial charge is 0.261 e. The molecule has 2 amide bonds. The SMILES string of the molecule is O=C(NC1CCC1)[C@@H]1CCCN1C(=O)COc1ccnc2ccccc12. The molecule has 6 nitrogen and oxygen atoms in total. The van der Waals surface area contributed by atoms with Gasteiger partial charge in [-0.25, -0.2) is 0 Å². The first-order chi connectivity index (χ1) is 12.7. The summed E-state index contributed by atoms with van der Waals surface area (Å²) in [5, 5.41) is 3.94. The zero-order valence-corrected chi connectivity index (χ0v) is 14.7. The Bertz CT molecular complexity index is 814. The van der Waals surface area contributed by atoms with E-state index in [9.17, 15) is 9.59 Å². The number of nitrogens with zero attached hydrogens (tertiary/aromatic N) is 2. The number of nitrogens with one attached hydrogen (secondary N) is 1. The molecule has 2 aromatic rings. The van der Waals surface area contributed by atoms with Gasteiger partial charge < -0.3 is 15.0 Å². The molecule has 136 valence electrons. The molecule has 4 rings (SSSR count). The highest BCUT2D eigenvalue weighted by molar-refractivity contribution is 5.89. The monoisotopic (exact) mass is 353 g/mol. The standard InChI is InChI=1S/C20H23N3O3/c24-19(13-26-18-10-11-21-16-8-2-1-7-15(16)18)23-12-4-9-17(23)20(25)22-14-5-3-6-14/h1-2,7-8,10-11,14,17H,3-6,9,12-13H2,(H,22,25)/t17-/m0/s1. The molecule has 2 aliphatic rings. The summed E-state index contributed by atoms with van der Waals surface area (Å²) in [5.41, 5.74) is 0.830. The van der Waals surface area contributed by atoms with Crippen LogP contribution in [0.4, 0.5) is 0 Å². The third kappa shape index (κ3) is 3.36. The van der Waals surface area contributed by atoms with Crippen LogP contribution < -0.4 is 10.1 Å². The number of rotatable bonds is 5. The predicted molar refractivity (Wildman–Crippen MR) is 97.8 cm³/mol. The summed E-state index contributed by atoms with van der Waals surface area (Å²) < 4.78 is 5.77. The van der Waals surface area contributed by atoms with Crippen molar-refractivity contribution in [1.29, 1.82) is 0 Å². The van der Waals surface area contributed by atoms with E-state index in [-0.39, 0.29) is 24.5 Å². The summed E-state index contributed by atoms with van der Waals surface area (Å²) in [6.07, 6.45) is 6.52. The molecule has 2 fully saturated rings. The second-order valence-electron chi connectivity index (χ2n) is 7.00. The Hall–Kier alpha value is -2.63. The molecular weight excluding hydrogens is 330 g/mol. The van der Waals surface area contributed by atoms with Gasteiger partial charge in [0.15, 0.2) is 6.61 Å². The van der Waals surface area contributed by atoms with Crippen molar-refractivity contribution in [3.8, 4) is 5.75 Å². The average molecular weight is 353 g/mol. The lowest BCUT2D eigenvalue weighted by molar-refractivity contribution is -0.140. The van der Waals surface area contributed by atoms with Crippen molar-refractivity contribution in [3.05, 3.63) is 36.5 Å². The number of fused-ring (bicyclic) bond motifs is 1. The molecule has 0 bridgehead atoms. The van der Waals surface area contributed by atoms with E-state index in [2.05, 4.69) is 10.3 Å². The second-order valence-corrected chi connectivity index (χ2v) is 7.00. The molecule has 1 aliphatic carbocycles. The van der Waals surface area contributed by atoms with Gasteiger partial charge in [-0.15, -0.1) is 0 Å². The van der Waals surface area contributed by atoms with E-state index in [1.165, 1.54) is 6.42 Å². The van der Waals surface area contributed by atoms with E-state index in [0.29, 0.717) is 18.3 Å². The lowest BCUT2D eigenvalue weighted by atomic mass is 9.93. The fourth-order valence-electron chi connectivity index (χ4n) is 3.61. The van der Waals surface area contributed by atoms with Gasteiger partial charge in [-0.3, -0.25) is 14.6 Å². The Morgan fingerprint density at radius 1 is 1.15 bits per heavy atom. The van der Waals surface area contributed by atoms with Crippen LogP contribution in [0.5, 0.6) is 5.75 Å². The van der Waals surface area contributed by atoms with E-state index in [4.69, 9.17) is 4.74 Å². The summed E-state index contributed by atoms with van der Waals surface area (Å²) >= 11 is 0. The highest BCUT2D eigenvalue weighted by atomic mass is 16.5. The fourth-order valence-corrected chi connectivity index (χ4v) is 3.61. The molecule has 0 spiro atoms. The van der Waals surface area contributed by atoms with Crippen LogP contribution in [0, 0.1) is 0 Å². The van der Waals surface area contributed by atoms with Crippen molar-refractivity contribution in [2.45, 2.75) is 44.2 Å². The van der Waals surface area contributed by atoms with Gasteiger partial charge in [0.25, 0.3) is 5.91 Å². The van der Waals surface area contributed by atoms with Crippen molar-refractivity contribution < 1.29 is 14.3 Å². The third-order valence-electron chi connectivity index (χ3n) is 5.29. The fraction of sp³-hybridized carbons (Fsp3) is 0.450. The molecular formula is C20H23N3O3. The normalized spacial score (nSPS) is 20.0. The van der Waals surface area contributed by atoms with E-state index in [0.717, 1.165) is 36.6 Å². The lowest BCUT2D eigenvalue weighted by Crippen LogP contribution is -2.51. The van der Waals surface area contributed by atoms with Crippen LogP contribution in [-0.2, 0) is 9.59 Å². The van der Waals surface area contributed by atoms with Crippen LogP contribution in [0.15, 0.2) is 36.5 Å². The number of aromatic nitrogens is 1. The van der Waals surface area contributed by atoms with E-state index < -0.39 is 0 Å². The zero-order valence-electron chi connectivity index (χ0n) is 14.7. The molecule has 1 saturated heterocycles. The topological polar surface area (TPSA) is 71.5 Å². The number of pyridine rings is 1. The minimum atomic E-state index is -0.360.